The Labute approximate surface area is 201 Å². The van der Waals surface area contributed by atoms with Crippen molar-refractivity contribution in [3.05, 3.63) is 54.5 Å². The number of carbonyl (C=O) groups excluding carboxylic acids is 2. The van der Waals surface area contributed by atoms with E-state index in [0.717, 1.165) is 22.0 Å². The average molecular weight is 499 g/mol. The van der Waals surface area contributed by atoms with Crippen molar-refractivity contribution in [3.63, 3.8) is 0 Å². The van der Waals surface area contributed by atoms with Crippen LogP contribution in [0.3, 0.4) is 0 Å². The molecule has 0 aliphatic carbocycles. The number of ether oxygens (including phenoxy) is 1. The molecule has 0 bridgehead atoms. The van der Waals surface area contributed by atoms with Gasteiger partial charge in [-0.15, -0.1) is 5.10 Å². The van der Waals surface area contributed by atoms with Crippen LogP contribution in [0.1, 0.15) is 6.92 Å². The van der Waals surface area contributed by atoms with Gasteiger partial charge in [-0.25, -0.2) is 13.5 Å². The third kappa shape index (κ3) is 3.81. The molecule has 12 nitrogen and oxygen atoms in total. The predicted molar refractivity (Wildman–Crippen MR) is 121 cm³/mol. The highest BCUT2D eigenvalue weighted by molar-refractivity contribution is 6.06. The maximum absolute atomic E-state index is 14.1. The van der Waals surface area contributed by atoms with Crippen LogP contribution in [0.25, 0.3) is 16.7 Å². The number of nitrogen functional groups attached to an aromatic ring is 1. The Morgan fingerprint density at radius 3 is 2.78 bits per heavy atom. The number of hydrogen-bond acceptors (Lipinski definition) is 9. The van der Waals surface area contributed by atoms with E-state index >= 15 is 0 Å². The number of aromatic nitrogens is 4. The van der Waals surface area contributed by atoms with Crippen molar-refractivity contribution >= 4 is 40.1 Å². The standard InChI is InChI=1S/C22H19F2N7O5/c1-22(18(32)20(33)27-11-2-3-12-15(8-11)36-29-19(12)25)21(34)30(6-7-35-22)16-4-5-31(28-16)17-13(23)9-26-10-14(17)24/h2-5,8-10,18,32H,6-7H2,1H3,(H2,25,29)(H,27,33)/t18-,22+/m0/s1. The molecule has 0 radical (unpaired) electrons. The molecule has 5 rings (SSSR count). The highest BCUT2D eigenvalue weighted by atomic mass is 19.1. The predicted octanol–water partition coefficient (Wildman–Crippen LogP) is 1.39. The fourth-order valence-electron chi connectivity index (χ4n) is 3.90. The Hall–Kier alpha value is -4.43. The molecular weight excluding hydrogens is 480 g/mol. The molecule has 4 heterocycles. The largest absolute Gasteiger partial charge is 0.380 e. The lowest BCUT2D eigenvalue weighted by molar-refractivity contribution is -0.170. The molecule has 0 saturated carbocycles. The van der Waals surface area contributed by atoms with Crippen LogP contribution in [0.2, 0.25) is 0 Å². The zero-order chi connectivity index (χ0) is 25.6. The number of carbonyl (C=O) groups is 2. The molecule has 1 aromatic carbocycles. The summed E-state index contributed by atoms with van der Waals surface area (Å²) >= 11 is 0. The second kappa shape index (κ2) is 8.66. The summed E-state index contributed by atoms with van der Waals surface area (Å²) in [6, 6.07) is 5.95. The Kier molecular flexibility index (Phi) is 5.61. The summed E-state index contributed by atoms with van der Waals surface area (Å²) in [5.41, 5.74) is 3.83. The van der Waals surface area contributed by atoms with Gasteiger partial charge in [0.05, 0.1) is 30.9 Å². The van der Waals surface area contributed by atoms with Gasteiger partial charge in [-0.05, 0) is 19.1 Å². The first-order valence-electron chi connectivity index (χ1n) is 10.6. The van der Waals surface area contributed by atoms with Gasteiger partial charge in [0.1, 0.15) is 5.69 Å². The van der Waals surface area contributed by atoms with Crippen molar-refractivity contribution in [2.45, 2.75) is 18.6 Å². The van der Waals surface area contributed by atoms with Crippen LogP contribution in [0.5, 0.6) is 0 Å². The molecule has 36 heavy (non-hydrogen) atoms. The number of nitrogens with one attached hydrogen (secondary N) is 1. The van der Waals surface area contributed by atoms with Gasteiger partial charge in [0.25, 0.3) is 11.8 Å². The summed E-state index contributed by atoms with van der Waals surface area (Å²) in [6.07, 6.45) is 1.02. The summed E-state index contributed by atoms with van der Waals surface area (Å²) in [6.45, 7) is 1.26. The number of pyridine rings is 1. The lowest BCUT2D eigenvalue weighted by Gasteiger charge is -2.40. The van der Waals surface area contributed by atoms with Crippen molar-refractivity contribution in [1.29, 1.82) is 0 Å². The van der Waals surface area contributed by atoms with Crippen molar-refractivity contribution in [2.75, 3.05) is 29.1 Å². The van der Waals surface area contributed by atoms with Crippen LogP contribution in [-0.4, -0.2) is 61.7 Å². The van der Waals surface area contributed by atoms with Gasteiger partial charge in [0.2, 0.25) is 0 Å². The van der Waals surface area contributed by atoms with Crippen molar-refractivity contribution in [2.24, 2.45) is 0 Å². The maximum Gasteiger partial charge on any atom is 0.263 e. The van der Waals surface area contributed by atoms with E-state index in [9.17, 15) is 23.5 Å². The number of morpholine rings is 1. The van der Waals surface area contributed by atoms with E-state index in [2.05, 4.69) is 20.6 Å². The monoisotopic (exact) mass is 499 g/mol. The van der Waals surface area contributed by atoms with Crippen LogP contribution in [-0.2, 0) is 14.3 Å². The smallest absolute Gasteiger partial charge is 0.263 e. The van der Waals surface area contributed by atoms with Crippen LogP contribution in [0.4, 0.5) is 26.1 Å². The normalized spacial score (nSPS) is 19.0. The third-order valence-electron chi connectivity index (χ3n) is 5.83. The van der Waals surface area contributed by atoms with Gasteiger partial charge in [0, 0.05) is 24.0 Å². The van der Waals surface area contributed by atoms with E-state index < -0.39 is 40.8 Å². The molecule has 4 aromatic rings. The zero-order valence-electron chi connectivity index (χ0n) is 18.7. The van der Waals surface area contributed by atoms with Gasteiger partial charge < -0.3 is 25.4 Å². The van der Waals surface area contributed by atoms with Gasteiger partial charge in [-0.3, -0.25) is 19.5 Å². The molecule has 3 aromatic heterocycles. The maximum atomic E-state index is 14.1. The summed E-state index contributed by atoms with van der Waals surface area (Å²) in [5.74, 6) is -3.33. The van der Waals surface area contributed by atoms with Crippen molar-refractivity contribution < 1.29 is 32.7 Å². The fourth-order valence-corrected chi connectivity index (χ4v) is 3.90. The number of amides is 2. The van der Waals surface area contributed by atoms with E-state index in [1.165, 1.54) is 31.3 Å². The molecule has 1 saturated heterocycles. The van der Waals surface area contributed by atoms with Crippen LogP contribution in [0.15, 0.2) is 47.4 Å². The number of aliphatic hydroxyl groups is 1. The summed E-state index contributed by atoms with van der Waals surface area (Å²) in [5, 5.41) is 21.6. The second-order valence-corrected chi connectivity index (χ2v) is 8.15. The van der Waals surface area contributed by atoms with E-state index in [-0.39, 0.29) is 30.5 Å². The average Bonchev–Trinajstić information content (AvgIpc) is 3.47. The van der Waals surface area contributed by atoms with E-state index in [0.29, 0.717) is 11.0 Å². The number of benzene rings is 1. The quantitative estimate of drug-likeness (QED) is 0.368. The molecular formula is C22H19F2N7O5. The van der Waals surface area contributed by atoms with Gasteiger partial charge in [-0.2, -0.15) is 0 Å². The van der Waals surface area contributed by atoms with Crippen LogP contribution < -0.4 is 16.0 Å². The minimum Gasteiger partial charge on any atom is -0.380 e. The number of halogens is 2. The molecule has 0 spiro atoms. The first-order chi connectivity index (χ1) is 17.2. The number of nitrogens with zero attached hydrogens (tertiary/aromatic N) is 5. The molecule has 1 aliphatic rings. The molecule has 1 aliphatic heterocycles. The van der Waals surface area contributed by atoms with Gasteiger partial charge in [-0.1, -0.05) is 5.16 Å². The van der Waals surface area contributed by atoms with Crippen molar-refractivity contribution in [1.82, 2.24) is 19.9 Å². The first kappa shape index (κ1) is 23.3. The van der Waals surface area contributed by atoms with Gasteiger partial charge >= 0.3 is 0 Å². The molecule has 4 N–H and O–H groups in total. The summed E-state index contributed by atoms with van der Waals surface area (Å²) in [4.78, 5) is 30.7. The summed E-state index contributed by atoms with van der Waals surface area (Å²) in [7, 11) is 0. The fraction of sp³-hybridized carbons (Fsp3) is 0.227. The topological polar surface area (TPSA) is 162 Å². The molecule has 2 amide bonds. The first-order valence-corrected chi connectivity index (χ1v) is 10.6. The highest BCUT2D eigenvalue weighted by Crippen LogP contribution is 2.29. The number of aliphatic hydroxyl groups excluding tert-OH is 1. The van der Waals surface area contributed by atoms with Crippen LogP contribution in [0, 0.1) is 11.6 Å². The zero-order valence-corrected chi connectivity index (χ0v) is 18.7. The molecule has 0 unspecified atom stereocenters. The van der Waals surface area contributed by atoms with Gasteiger partial charge in [0.15, 0.2) is 40.6 Å². The number of nitrogens with two attached hydrogens (primary N) is 1. The van der Waals surface area contributed by atoms with Crippen LogP contribution >= 0.6 is 0 Å². The number of hydrogen-bond donors (Lipinski definition) is 3. The minimum absolute atomic E-state index is 0.0324. The third-order valence-corrected chi connectivity index (χ3v) is 5.83. The molecule has 1 fully saturated rings. The lowest BCUT2D eigenvalue weighted by Crippen LogP contribution is -2.63. The minimum atomic E-state index is -1.97. The Balaban J connectivity index is 1.36. The Bertz CT molecular complexity index is 1470. The second-order valence-electron chi connectivity index (χ2n) is 8.15. The molecule has 186 valence electrons. The van der Waals surface area contributed by atoms with E-state index in [1.54, 1.807) is 6.07 Å². The Morgan fingerprint density at radius 1 is 1.28 bits per heavy atom. The van der Waals surface area contributed by atoms with Crippen molar-refractivity contribution in [3.8, 4) is 5.69 Å². The number of fused-ring (bicyclic) bond motifs is 1. The summed E-state index contributed by atoms with van der Waals surface area (Å²) < 4.78 is 39.7. The number of anilines is 3. The molecule has 14 heteroatoms. The SMILES string of the molecule is C[C@]1([C@@H](O)C(=O)Nc2ccc3c(N)noc3c2)OCCN(c2ccn(-c3c(F)cncc3F)n2)C1=O. The molecule has 2 atom stereocenters. The van der Waals surface area contributed by atoms with E-state index in [1.807, 2.05) is 0 Å². The number of rotatable bonds is 5. The highest BCUT2D eigenvalue weighted by Gasteiger charge is 2.51. The van der Waals surface area contributed by atoms with E-state index in [4.69, 9.17) is 15.0 Å². The Morgan fingerprint density at radius 2 is 2.03 bits per heavy atom. The lowest BCUT2D eigenvalue weighted by atomic mass is 9.94.